The summed E-state index contributed by atoms with van der Waals surface area (Å²) in [6.07, 6.45) is 4.18. The fourth-order valence-electron chi connectivity index (χ4n) is 3.85. The van der Waals surface area contributed by atoms with E-state index in [4.69, 9.17) is 16.9 Å². The number of nitriles is 1. The molecule has 1 saturated heterocycles. The van der Waals surface area contributed by atoms with E-state index in [0.717, 1.165) is 23.2 Å². The van der Waals surface area contributed by atoms with Crippen molar-refractivity contribution < 1.29 is 9.18 Å². The molecule has 6 nitrogen and oxygen atoms in total. The SMILES string of the molecule is N#Cc1ccc(Cn2cncc2CN(Cc2cccc(Cl)c2)[C@@H]2CCNC2=O)cc1F. The monoisotopic (exact) mass is 437 g/mol. The Balaban J connectivity index is 1.56. The Morgan fingerprint density at radius 3 is 2.84 bits per heavy atom. The molecule has 2 heterocycles. The molecule has 1 aliphatic rings. The van der Waals surface area contributed by atoms with Crippen molar-refractivity contribution in [3.8, 4) is 6.07 Å². The van der Waals surface area contributed by atoms with E-state index in [-0.39, 0.29) is 17.5 Å². The average molecular weight is 438 g/mol. The van der Waals surface area contributed by atoms with Gasteiger partial charge in [0.1, 0.15) is 11.9 Å². The number of carbonyl (C=O) groups is 1. The minimum atomic E-state index is -0.535. The molecular weight excluding hydrogens is 417 g/mol. The van der Waals surface area contributed by atoms with Crippen LogP contribution in [0, 0.1) is 17.1 Å². The van der Waals surface area contributed by atoms with Gasteiger partial charge in [-0.05, 0) is 41.8 Å². The Labute approximate surface area is 184 Å². The highest BCUT2D eigenvalue weighted by Gasteiger charge is 2.31. The predicted molar refractivity (Wildman–Crippen MR) is 115 cm³/mol. The Bertz CT molecular complexity index is 1140. The topological polar surface area (TPSA) is 74.0 Å². The quantitative estimate of drug-likeness (QED) is 0.614. The van der Waals surface area contributed by atoms with Gasteiger partial charge in [-0.15, -0.1) is 0 Å². The molecule has 1 amide bonds. The maximum absolute atomic E-state index is 14.0. The molecule has 0 saturated carbocycles. The molecule has 1 N–H and O–H groups in total. The smallest absolute Gasteiger partial charge is 0.237 e. The van der Waals surface area contributed by atoms with Gasteiger partial charge < -0.3 is 9.88 Å². The number of amides is 1. The summed E-state index contributed by atoms with van der Waals surface area (Å²) >= 11 is 6.15. The van der Waals surface area contributed by atoms with Crippen molar-refractivity contribution in [2.75, 3.05) is 6.54 Å². The molecule has 1 atom stereocenters. The van der Waals surface area contributed by atoms with E-state index >= 15 is 0 Å². The third kappa shape index (κ3) is 4.93. The van der Waals surface area contributed by atoms with Crippen LogP contribution in [0.1, 0.15) is 28.8 Å². The van der Waals surface area contributed by atoms with E-state index in [9.17, 15) is 9.18 Å². The number of hydrogen-bond acceptors (Lipinski definition) is 4. The maximum Gasteiger partial charge on any atom is 0.237 e. The third-order valence-electron chi connectivity index (χ3n) is 5.41. The molecule has 1 aromatic heterocycles. The highest BCUT2D eigenvalue weighted by molar-refractivity contribution is 6.30. The van der Waals surface area contributed by atoms with Crippen molar-refractivity contribution in [3.63, 3.8) is 0 Å². The number of nitrogens with one attached hydrogen (secondary N) is 1. The molecule has 8 heteroatoms. The molecule has 1 fully saturated rings. The van der Waals surface area contributed by atoms with E-state index < -0.39 is 5.82 Å². The highest BCUT2D eigenvalue weighted by Crippen LogP contribution is 2.20. The molecule has 1 aliphatic heterocycles. The van der Waals surface area contributed by atoms with Crippen LogP contribution in [0.5, 0.6) is 0 Å². The fourth-order valence-corrected chi connectivity index (χ4v) is 4.06. The lowest BCUT2D eigenvalue weighted by atomic mass is 10.1. The number of halogens is 2. The Hall–Kier alpha value is -3.21. The van der Waals surface area contributed by atoms with Gasteiger partial charge in [-0.25, -0.2) is 9.37 Å². The Morgan fingerprint density at radius 2 is 2.13 bits per heavy atom. The second kappa shape index (κ2) is 9.29. The normalized spacial score (nSPS) is 15.8. The largest absolute Gasteiger partial charge is 0.355 e. The summed E-state index contributed by atoms with van der Waals surface area (Å²) in [4.78, 5) is 18.8. The Kier molecular flexibility index (Phi) is 6.31. The standard InChI is InChI=1S/C23H21ClFN5O/c24-19-3-1-2-16(8-19)12-29(22-6-7-28-23(22)31)14-20-11-27-15-30(20)13-17-4-5-18(10-26)21(25)9-17/h1-5,8-9,11,15,22H,6-7,12-14H2,(H,28,31)/t22-/m1/s1. The molecule has 158 valence electrons. The van der Waals surface area contributed by atoms with E-state index in [2.05, 4.69) is 15.2 Å². The van der Waals surface area contributed by atoms with Gasteiger partial charge in [-0.3, -0.25) is 9.69 Å². The molecular formula is C23H21ClFN5O. The lowest BCUT2D eigenvalue weighted by Crippen LogP contribution is -2.40. The minimum Gasteiger partial charge on any atom is -0.355 e. The first-order valence-corrected chi connectivity index (χ1v) is 10.3. The number of benzene rings is 2. The van der Waals surface area contributed by atoms with Crippen LogP contribution in [-0.4, -0.2) is 32.9 Å². The van der Waals surface area contributed by atoms with Crippen LogP contribution < -0.4 is 5.32 Å². The van der Waals surface area contributed by atoms with Crippen molar-refractivity contribution in [2.45, 2.75) is 32.1 Å². The molecule has 0 aliphatic carbocycles. The zero-order chi connectivity index (χ0) is 21.8. The minimum absolute atomic E-state index is 0.0160. The molecule has 0 bridgehead atoms. The van der Waals surface area contributed by atoms with Crippen LogP contribution in [0.15, 0.2) is 55.0 Å². The van der Waals surface area contributed by atoms with Gasteiger partial charge in [-0.2, -0.15) is 5.26 Å². The highest BCUT2D eigenvalue weighted by atomic mass is 35.5. The van der Waals surface area contributed by atoms with E-state index in [0.29, 0.717) is 31.2 Å². The van der Waals surface area contributed by atoms with Gasteiger partial charge in [0, 0.05) is 37.4 Å². The second-order valence-corrected chi connectivity index (χ2v) is 8.01. The van der Waals surface area contributed by atoms with Gasteiger partial charge in [0.2, 0.25) is 5.91 Å². The number of carbonyl (C=O) groups excluding carboxylic acids is 1. The number of aromatic nitrogens is 2. The summed E-state index contributed by atoms with van der Waals surface area (Å²) in [6.45, 7) is 2.14. The van der Waals surface area contributed by atoms with Crippen molar-refractivity contribution in [2.24, 2.45) is 0 Å². The Morgan fingerprint density at radius 1 is 1.26 bits per heavy atom. The summed E-state index contributed by atoms with van der Waals surface area (Å²) in [7, 11) is 0. The molecule has 0 unspecified atom stereocenters. The zero-order valence-electron chi connectivity index (χ0n) is 16.8. The van der Waals surface area contributed by atoms with Gasteiger partial charge in [0.05, 0.1) is 23.6 Å². The molecule has 4 rings (SSSR count). The first-order valence-electron chi connectivity index (χ1n) is 9.97. The lowest BCUT2D eigenvalue weighted by molar-refractivity contribution is -0.124. The third-order valence-corrected chi connectivity index (χ3v) is 5.64. The summed E-state index contributed by atoms with van der Waals surface area (Å²) in [6, 6.07) is 13.8. The van der Waals surface area contributed by atoms with E-state index in [1.54, 1.807) is 18.6 Å². The molecule has 2 aromatic carbocycles. The van der Waals surface area contributed by atoms with Crippen LogP contribution in [-0.2, 0) is 24.4 Å². The van der Waals surface area contributed by atoms with Crippen LogP contribution in [0.2, 0.25) is 5.02 Å². The van der Waals surface area contributed by atoms with Crippen LogP contribution in [0.4, 0.5) is 4.39 Å². The molecule has 3 aromatic rings. The number of rotatable bonds is 7. The predicted octanol–water partition coefficient (Wildman–Crippen LogP) is 3.49. The van der Waals surface area contributed by atoms with E-state index in [1.807, 2.05) is 34.9 Å². The zero-order valence-corrected chi connectivity index (χ0v) is 17.5. The first kappa shape index (κ1) is 21.0. The van der Waals surface area contributed by atoms with Crippen molar-refractivity contribution >= 4 is 17.5 Å². The van der Waals surface area contributed by atoms with Gasteiger partial charge >= 0.3 is 0 Å². The number of hydrogen-bond donors (Lipinski definition) is 1. The van der Waals surface area contributed by atoms with Gasteiger partial charge in [0.15, 0.2) is 0 Å². The van der Waals surface area contributed by atoms with Gasteiger partial charge in [0.25, 0.3) is 0 Å². The fraction of sp³-hybridized carbons (Fsp3) is 0.261. The van der Waals surface area contributed by atoms with Crippen molar-refractivity contribution in [1.29, 1.82) is 5.26 Å². The van der Waals surface area contributed by atoms with Crippen LogP contribution >= 0.6 is 11.6 Å². The first-order chi connectivity index (χ1) is 15.0. The van der Waals surface area contributed by atoms with Crippen molar-refractivity contribution in [1.82, 2.24) is 19.8 Å². The number of imidazole rings is 1. The summed E-state index contributed by atoms with van der Waals surface area (Å²) in [5, 5.41) is 12.5. The van der Waals surface area contributed by atoms with E-state index in [1.165, 1.54) is 12.1 Å². The average Bonchev–Trinajstić information content (AvgIpc) is 3.36. The number of nitrogens with zero attached hydrogens (tertiary/aromatic N) is 4. The molecule has 0 spiro atoms. The molecule has 0 radical (unpaired) electrons. The van der Waals surface area contributed by atoms with Gasteiger partial charge in [-0.1, -0.05) is 29.8 Å². The summed E-state index contributed by atoms with van der Waals surface area (Å²) in [5.74, 6) is -0.519. The van der Waals surface area contributed by atoms with Crippen molar-refractivity contribution in [3.05, 3.63) is 88.2 Å². The summed E-state index contributed by atoms with van der Waals surface area (Å²) in [5.41, 5.74) is 2.68. The second-order valence-electron chi connectivity index (χ2n) is 7.57. The lowest BCUT2D eigenvalue weighted by Gasteiger charge is -2.27. The summed E-state index contributed by atoms with van der Waals surface area (Å²) < 4.78 is 15.9. The molecule has 31 heavy (non-hydrogen) atoms. The van der Waals surface area contributed by atoms with Crippen LogP contribution in [0.3, 0.4) is 0 Å². The van der Waals surface area contributed by atoms with Crippen LogP contribution in [0.25, 0.3) is 0 Å². The maximum atomic E-state index is 14.0.